The van der Waals surface area contributed by atoms with Crippen LogP contribution in [0.15, 0.2) is 34.1 Å². The maximum absolute atomic E-state index is 12.8. The van der Waals surface area contributed by atoms with E-state index < -0.39 is 25.1 Å². The molecule has 0 aliphatic heterocycles. The quantitative estimate of drug-likeness (QED) is 0.717. The van der Waals surface area contributed by atoms with Gasteiger partial charge < -0.3 is 0 Å². The number of hydrogen-bond acceptors (Lipinski definition) is 4. The van der Waals surface area contributed by atoms with E-state index in [1.807, 2.05) is 6.92 Å². The molecule has 0 amide bonds. The van der Waals surface area contributed by atoms with Crippen LogP contribution >= 0.6 is 0 Å². The van der Waals surface area contributed by atoms with E-state index in [-0.39, 0.29) is 10.9 Å². The lowest BCUT2D eigenvalue weighted by molar-refractivity contribution is 0.395. The topological polar surface area (TPSA) is 71.5 Å². The van der Waals surface area contributed by atoms with Crippen molar-refractivity contribution in [2.75, 3.05) is 6.54 Å². The van der Waals surface area contributed by atoms with Crippen LogP contribution in [0, 0.1) is 0 Å². The highest BCUT2D eigenvalue weighted by Crippen LogP contribution is 2.32. The molecule has 0 atom stereocenters. The first-order valence-corrected chi connectivity index (χ1v) is 9.65. The average molecular weight is 335 g/mol. The van der Waals surface area contributed by atoms with E-state index in [2.05, 4.69) is 0 Å². The zero-order chi connectivity index (χ0) is 15.7. The molecule has 0 aromatic heterocycles. The first-order chi connectivity index (χ1) is 9.76. The smallest absolute Gasteiger partial charge is 0.207 e. The normalized spacial score (nSPS) is 16.3. The molecule has 21 heavy (non-hydrogen) atoms. The van der Waals surface area contributed by atoms with E-state index in [1.165, 1.54) is 4.31 Å². The standard InChI is InChI=1S/C13H18FNO4S2/c1-2-3-10-15(11-4-5-11)21(18,19)13-8-6-12(7-9-13)20(14,16)17/h6-9,11H,2-5,10H2,1H3. The highest BCUT2D eigenvalue weighted by atomic mass is 32.3. The minimum atomic E-state index is -4.81. The molecule has 1 fully saturated rings. The van der Waals surface area contributed by atoms with E-state index in [0.29, 0.717) is 6.54 Å². The molecule has 5 nitrogen and oxygen atoms in total. The summed E-state index contributed by atoms with van der Waals surface area (Å²) in [4.78, 5) is -0.536. The van der Waals surface area contributed by atoms with Gasteiger partial charge in [0, 0.05) is 12.6 Å². The lowest BCUT2D eigenvalue weighted by atomic mass is 10.3. The minimum Gasteiger partial charge on any atom is -0.207 e. The van der Waals surface area contributed by atoms with E-state index in [4.69, 9.17) is 0 Å². The molecule has 0 N–H and O–H groups in total. The molecule has 0 spiro atoms. The molecule has 1 saturated carbocycles. The molecular formula is C13H18FNO4S2. The number of halogens is 1. The van der Waals surface area contributed by atoms with Gasteiger partial charge in [0.15, 0.2) is 0 Å². The summed E-state index contributed by atoms with van der Waals surface area (Å²) in [5.74, 6) is 0. The lowest BCUT2D eigenvalue weighted by Gasteiger charge is -2.21. The Kier molecular flexibility index (Phi) is 4.69. The summed E-state index contributed by atoms with van der Waals surface area (Å²) in [7, 11) is -8.47. The second kappa shape index (κ2) is 6.02. The summed E-state index contributed by atoms with van der Waals surface area (Å²) in [6.45, 7) is 2.44. The SMILES string of the molecule is CCCCN(C1CC1)S(=O)(=O)c1ccc(S(=O)(=O)F)cc1. The Bertz CT molecular complexity index is 694. The van der Waals surface area contributed by atoms with Crippen LogP contribution in [0.4, 0.5) is 3.89 Å². The van der Waals surface area contributed by atoms with Crippen LogP contribution in [0.25, 0.3) is 0 Å². The first-order valence-electron chi connectivity index (χ1n) is 6.83. The third-order valence-corrected chi connectivity index (χ3v) is 6.20. The van der Waals surface area contributed by atoms with Gasteiger partial charge in [-0.3, -0.25) is 0 Å². The third-order valence-electron chi connectivity index (χ3n) is 3.40. The number of benzene rings is 1. The van der Waals surface area contributed by atoms with Crippen molar-refractivity contribution in [1.29, 1.82) is 0 Å². The molecule has 8 heteroatoms. The van der Waals surface area contributed by atoms with Crippen LogP contribution in [0.5, 0.6) is 0 Å². The molecule has 1 aromatic carbocycles. The number of nitrogens with zero attached hydrogens (tertiary/aromatic N) is 1. The van der Waals surface area contributed by atoms with E-state index in [1.54, 1.807) is 0 Å². The van der Waals surface area contributed by atoms with Gasteiger partial charge in [-0.05, 0) is 43.5 Å². The fourth-order valence-electron chi connectivity index (χ4n) is 2.09. The fraction of sp³-hybridized carbons (Fsp3) is 0.538. The van der Waals surface area contributed by atoms with Crippen molar-refractivity contribution >= 4 is 20.2 Å². The Hall–Kier alpha value is -0.990. The Morgan fingerprint density at radius 1 is 1.10 bits per heavy atom. The van der Waals surface area contributed by atoms with Crippen molar-refractivity contribution in [2.24, 2.45) is 0 Å². The van der Waals surface area contributed by atoms with E-state index in [0.717, 1.165) is 49.9 Å². The third kappa shape index (κ3) is 3.81. The van der Waals surface area contributed by atoms with Gasteiger partial charge in [-0.25, -0.2) is 8.42 Å². The Balaban J connectivity index is 2.29. The van der Waals surface area contributed by atoms with Gasteiger partial charge in [0.2, 0.25) is 10.0 Å². The van der Waals surface area contributed by atoms with E-state index in [9.17, 15) is 20.7 Å². The summed E-state index contributed by atoms with van der Waals surface area (Å²) in [5, 5.41) is 0. The van der Waals surface area contributed by atoms with Crippen molar-refractivity contribution in [3.8, 4) is 0 Å². The van der Waals surface area contributed by atoms with Crippen LogP contribution < -0.4 is 0 Å². The molecular weight excluding hydrogens is 317 g/mol. The van der Waals surface area contributed by atoms with Crippen molar-refractivity contribution in [3.63, 3.8) is 0 Å². The second-order valence-corrected chi connectivity index (χ2v) is 8.35. The van der Waals surface area contributed by atoms with Crippen LogP contribution in [-0.2, 0) is 20.2 Å². The lowest BCUT2D eigenvalue weighted by Crippen LogP contribution is -2.34. The van der Waals surface area contributed by atoms with Crippen molar-refractivity contribution < 1.29 is 20.7 Å². The highest BCUT2D eigenvalue weighted by molar-refractivity contribution is 7.89. The van der Waals surface area contributed by atoms with Crippen LogP contribution in [0.3, 0.4) is 0 Å². The van der Waals surface area contributed by atoms with Gasteiger partial charge in [-0.1, -0.05) is 13.3 Å². The van der Waals surface area contributed by atoms with Gasteiger partial charge in [-0.15, -0.1) is 3.89 Å². The molecule has 1 aliphatic carbocycles. The average Bonchev–Trinajstić information content (AvgIpc) is 3.23. The second-order valence-electron chi connectivity index (χ2n) is 5.11. The summed E-state index contributed by atoms with van der Waals surface area (Å²) in [6, 6.07) is 4.28. The van der Waals surface area contributed by atoms with Crippen molar-refractivity contribution in [1.82, 2.24) is 4.31 Å². The summed E-state index contributed by atoms with van der Waals surface area (Å²) in [5.41, 5.74) is 0. The summed E-state index contributed by atoms with van der Waals surface area (Å²) >= 11 is 0. The number of rotatable bonds is 7. The Morgan fingerprint density at radius 2 is 1.62 bits per heavy atom. The van der Waals surface area contributed by atoms with E-state index >= 15 is 0 Å². The largest absolute Gasteiger partial charge is 0.332 e. The highest BCUT2D eigenvalue weighted by Gasteiger charge is 2.37. The van der Waals surface area contributed by atoms with Crippen molar-refractivity contribution in [2.45, 2.75) is 48.4 Å². The first kappa shape index (κ1) is 16.4. The summed E-state index contributed by atoms with van der Waals surface area (Å²) < 4.78 is 60.9. The fourth-order valence-corrected chi connectivity index (χ4v) is 4.27. The molecule has 0 bridgehead atoms. The van der Waals surface area contributed by atoms with Crippen LogP contribution in [0.2, 0.25) is 0 Å². The zero-order valence-electron chi connectivity index (χ0n) is 11.7. The number of unbranched alkanes of at least 4 members (excludes halogenated alkanes) is 1. The van der Waals surface area contributed by atoms with Gasteiger partial charge in [0.25, 0.3) is 0 Å². The van der Waals surface area contributed by atoms with Gasteiger partial charge in [0.05, 0.1) is 9.79 Å². The molecule has 0 unspecified atom stereocenters. The molecule has 1 aromatic rings. The molecule has 0 radical (unpaired) electrons. The summed E-state index contributed by atoms with van der Waals surface area (Å²) in [6.07, 6.45) is 3.35. The van der Waals surface area contributed by atoms with Gasteiger partial charge in [-0.2, -0.15) is 12.7 Å². The maximum Gasteiger partial charge on any atom is 0.332 e. The molecule has 2 rings (SSSR count). The molecule has 0 heterocycles. The minimum absolute atomic E-state index is 0.00194. The Labute approximate surface area is 125 Å². The van der Waals surface area contributed by atoms with Gasteiger partial charge >= 0.3 is 10.2 Å². The molecule has 0 saturated heterocycles. The monoisotopic (exact) mass is 335 g/mol. The zero-order valence-corrected chi connectivity index (χ0v) is 13.3. The van der Waals surface area contributed by atoms with Gasteiger partial charge in [0.1, 0.15) is 0 Å². The molecule has 118 valence electrons. The number of sulfonamides is 1. The predicted octanol–water partition coefficient (Wildman–Crippen LogP) is 2.30. The predicted molar refractivity (Wildman–Crippen MR) is 76.6 cm³/mol. The van der Waals surface area contributed by atoms with Crippen molar-refractivity contribution in [3.05, 3.63) is 24.3 Å². The maximum atomic E-state index is 12.8. The van der Waals surface area contributed by atoms with Crippen LogP contribution in [-0.4, -0.2) is 33.7 Å². The molecule has 1 aliphatic rings. The Morgan fingerprint density at radius 3 is 2.05 bits per heavy atom. The van der Waals surface area contributed by atoms with Crippen LogP contribution in [0.1, 0.15) is 32.6 Å². The number of hydrogen-bond donors (Lipinski definition) is 0.